The number of hydrogen-bond acceptors (Lipinski definition) is 6. The molecule has 2 atom stereocenters. The van der Waals surface area contributed by atoms with Gasteiger partial charge in [-0.05, 0) is 42.8 Å². The molecule has 0 amide bonds. The Kier molecular flexibility index (Phi) is 6.60. The lowest BCUT2D eigenvalue weighted by molar-refractivity contribution is -0.0440. The number of Topliss-reactive ketones (excluding diaryl/α,β-unsaturated/α-hetero) is 1. The van der Waals surface area contributed by atoms with Gasteiger partial charge in [0.05, 0.1) is 22.7 Å². The minimum Gasteiger partial charge on any atom is -0.454 e. The van der Waals surface area contributed by atoms with Crippen molar-refractivity contribution in [3.05, 3.63) is 77.9 Å². The summed E-state index contributed by atoms with van der Waals surface area (Å²) in [5.74, 6) is -1.09. The third kappa shape index (κ3) is 4.98. The summed E-state index contributed by atoms with van der Waals surface area (Å²) in [5, 5.41) is 1.70. The molecule has 0 N–H and O–H groups in total. The van der Waals surface area contributed by atoms with Gasteiger partial charge in [-0.25, -0.2) is 13.2 Å². The maximum Gasteiger partial charge on any atom is 0.338 e. The lowest BCUT2D eigenvalue weighted by Crippen LogP contribution is -2.48. The second-order valence-electron chi connectivity index (χ2n) is 8.13. The van der Waals surface area contributed by atoms with Crippen molar-refractivity contribution in [2.75, 3.05) is 19.7 Å². The van der Waals surface area contributed by atoms with Crippen LogP contribution in [0.15, 0.2) is 71.6 Å². The molecule has 0 spiro atoms. The monoisotopic (exact) mass is 467 g/mol. The third-order valence-electron chi connectivity index (χ3n) is 5.52. The van der Waals surface area contributed by atoms with E-state index in [4.69, 9.17) is 9.47 Å². The van der Waals surface area contributed by atoms with Gasteiger partial charge in [-0.15, -0.1) is 0 Å². The Morgan fingerprint density at radius 3 is 2.39 bits per heavy atom. The van der Waals surface area contributed by atoms with Crippen molar-refractivity contribution in [2.24, 2.45) is 0 Å². The SMILES string of the molecule is CC1CN(S(=O)(=O)c2cccc(C(=O)OCC(=O)c3cccc4ccccc34)c2)CC(C)O1. The number of hydrogen-bond donors (Lipinski definition) is 0. The van der Waals surface area contributed by atoms with E-state index in [9.17, 15) is 18.0 Å². The molecule has 33 heavy (non-hydrogen) atoms. The number of benzene rings is 3. The van der Waals surface area contributed by atoms with Crippen LogP contribution in [0, 0.1) is 0 Å². The van der Waals surface area contributed by atoms with E-state index in [0.717, 1.165) is 10.8 Å². The molecule has 1 fully saturated rings. The maximum absolute atomic E-state index is 13.1. The van der Waals surface area contributed by atoms with Gasteiger partial charge in [-0.2, -0.15) is 4.31 Å². The number of carbonyl (C=O) groups is 2. The van der Waals surface area contributed by atoms with E-state index in [2.05, 4.69) is 0 Å². The highest BCUT2D eigenvalue weighted by Gasteiger charge is 2.32. The summed E-state index contributed by atoms with van der Waals surface area (Å²) in [6.45, 7) is 3.67. The third-order valence-corrected chi connectivity index (χ3v) is 7.35. The summed E-state index contributed by atoms with van der Waals surface area (Å²) in [5.41, 5.74) is 0.531. The highest BCUT2D eigenvalue weighted by atomic mass is 32.2. The molecule has 172 valence electrons. The molecule has 1 aliphatic rings. The van der Waals surface area contributed by atoms with Crippen LogP contribution >= 0.6 is 0 Å². The van der Waals surface area contributed by atoms with Crippen molar-refractivity contribution < 1.29 is 27.5 Å². The normalized spacial score (nSPS) is 19.3. The summed E-state index contributed by atoms with van der Waals surface area (Å²) in [4.78, 5) is 25.3. The van der Waals surface area contributed by atoms with Crippen molar-refractivity contribution in [2.45, 2.75) is 31.0 Å². The molecule has 3 aromatic rings. The maximum atomic E-state index is 13.1. The first-order valence-electron chi connectivity index (χ1n) is 10.7. The van der Waals surface area contributed by atoms with E-state index in [1.54, 1.807) is 12.1 Å². The fraction of sp³-hybridized carbons (Fsp3) is 0.280. The first-order valence-corrected chi connectivity index (χ1v) is 12.1. The number of ketones is 1. The fourth-order valence-corrected chi connectivity index (χ4v) is 5.66. The van der Waals surface area contributed by atoms with Crippen LogP contribution in [0.3, 0.4) is 0 Å². The highest BCUT2D eigenvalue weighted by Crippen LogP contribution is 2.23. The largest absolute Gasteiger partial charge is 0.454 e. The van der Waals surface area contributed by atoms with Crippen LogP contribution in [0.25, 0.3) is 10.8 Å². The molecule has 2 unspecified atom stereocenters. The zero-order chi connectivity index (χ0) is 23.6. The molecule has 4 rings (SSSR count). The van der Waals surface area contributed by atoms with Crippen molar-refractivity contribution in [1.29, 1.82) is 0 Å². The van der Waals surface area contributed by atoms with Crippen molar-refractivity contribution >= 4 is 32.5 Å². The number of sulfonamides is 1. The van der Waals surface area contributed by atoms with Crippen LogP contribution in [0.1, 0.15) is 34.6 Å². The summed E-state index contributed by atoms with van der Waals surface area (Å²) < 4.78 is 38.4. The molecule has 3 aromatic carbocycles. The van der Waals surface area contributed by atoms with Gasteiger partial charge < -0.3 is 9.47 Å². The molecule has 0 bridgehead atoms. The topological polar surface area (TPSA) is 90.0 Å². The fourth-order valence-electron chi connectivity index (χ4n) is 4.02. The van der Waals surface area contributed by atoms with Crippen LogP contribution in [-0.4, -0.2) is 56.4 Å². The average Bonchev–Trinajstić information content (AvgIpc) is 2.81. The van der Waals surface area contributed by atoms with Crippen LogP contribution in [0.2, 0.25) is 0 Å². The van der Waals surface area contributed by atoms with Gasteiger partial charge in [-0.1, -0.05) is 48.5 Å². The van der Waals surface area contributed by atoms with Crippen LogP contribution in [0.5, 0.6) is 0 Å². The number of nitrogens with zero attached hydrogens (tertiary/aromatic N) is 1. The van der Waals surface area contributed by atoms with Gasteiger partial charge >= 0.3 is 5.97 Å². The first-order chi connectivity index (χ1) is 15.8. The van der Waals surface area contributed by atoms with Crippen LogP contribution in [-0.2, 0) is 19.5 Å². The molecule has 0 radical (unpaired) electrons. The van der Waals surface area contributed by atoms with Crippen molar-refractivity contribution in [3.8, 4) is 0 Å². The predicted octanol–water partition coefficient (Wildman–Crippen LogP) is 3.68. The lowest BCUT2D eigenvalue weighted by Gasteiger charge is -2.34. The van der Waals surface area contributed by atoms with Gasteiger partial charge in [0, 0.05) is 18.7 Å². The molecule has 0 saturated carbocycles. The Labute approximate surface area is 193 Å². The highest BCUT2D eigenvalue weighted by molar-refractivity contribution is 7.89. The molecule has 8 heteroatoms. The Hall–Kier alpha value is -3.07. The zero-order valence-corrected chi connectivity index (χ0v) is 19.2. The molecule has 0 aliphatic carbocycles. The Morgan fingerprint density at radius 1 is 0.970 bits per heavy atom. The van der Waals surface area contributed by atoms with Gasteiger partial charge in [0.1, 0.15) is 0 Å². The van der Waals surface area contributed by atoms with Crippen LogP contribution in [0.4, 0.5) is 0 Å². The number of carbonyl (C=O) groups excluding carboxylic acids is 2. The average molecular weight is 468 g/mol. The van der Waals surface area contributed by atoms with Gasteiger partial charge in [0.25, 0.3) is 0 Å². The Balaban J connectivity index is 1.48. The van der Waals surface area contributed by atoms with E-state index in [0.29, 0.717) is 5.56 Å². The predicted molar refractivity (Wildman–Crippen MR) is 124 cm³/mol. The zero-order valence-electron chi connectivity index (χ0n) is 18.4. The Bertz CT molecular complexity index is 1290. The summed E-state index contributed by atoms with van der Waals surface area (Å²) >= 11 is 0. The summed E-state index contributed by atoms with van der Waals surface area (Å²) in [7, 11) is -3.80. The molecule has 1 aliphatic heterocycles. The van der Waals surface area contributed by atoms with Gasteiger partial charge in [0.2, 0.25) is 15.8 Å². The van der Waals surface area contributed by atoms with Crippen molar-refractivity contribution in [3.63, 3.8) is 0 Å². The van der Waals surface area contributed by atoms with E-state index >= 15 is 0 Å². The summed E-state index contributed by atoms with van der Waals surface area (Å²) in [6, 6.07) is 18.5. The standard InChI is InChI=1S/C25H25NO6S/c1-17-14-26(15-18(2)32-17)33(29,30)21-10-5-9-20(13-21)25(28)31-16-24(27)23-12-6-8-19-7-3-4-11-22(19)23/h3-13,17-18H,14-16H2,1-2H3. The molecular weight excluding hydrogens is 442 g/mol. The lowest BCUT2D eigenvalue weighted by atomic mass is 10.0. The first kappa shape index (κ1) is 23.1. The van der Waals surface area contributed by atoms with Gasteiger partial charge in [-0.3, -0.25) is 4.79 Å². The van der Waals surface area contributed by atoms with Crippen molar-refractivity contribution in [1.82, 2.24) is 4.31 Å². The number of esters is 1. The molecule has 1 saturated heterocycles. The quantitative estimate of drug-likeness (QED) is 0.406. The molecule has 1 heterocycles. The minimum atomic E-state index is -3.80. The second kappa shape index (κ2) is 9.43. The summed E-state index contributed by atoms with van der Waals surface area (Å²) in [6.07, 6.45) is -0.450. The second-order valence-corrected chi connectivity index (χ2v) is 10.1. The molecule has 0 aromatic heterocycles. The smallest absolute Gasteiger partial charge is 0.338 e. The van der Waals surface area contributed by atoms with E-state index < -0.39 is 22.6 Å². The number of ether oxygens (including phenoxy) is 2. The molecular formula is C25H25NO6S. The Morgan fingerprint density at radius 2 is 1.64 bits per heavy atom. The van der Waals surface area contributed by atoms with E-state index in [-0.39, 0.29) is 41.5 Å². The number of rotatable bonds is 6. The van der Waals surface area contributed by atoms with E-state index in [1.807, 2.05) is 44.2 Å². The number of morpholine rings is 1. The number of fused-ring (bicyclic) bond motifs is 1. The van der Waals surface area contributed by atoms with Gasteiger partial charge in [0.15, 0.2) is 6.61 Å². The van der Waals surface area contributed by atoms with E-state index in [1.165, 1.54) is 28.6 Å². The van der Waals surface area contributed by atoms with Crippen LogP contribution < -0.4 is 0 Å². The molecule has 7 nitrogen and oxygen atoms in total. The minimum absolute atomic E-state index is 0.00127.